The summed E-state index contributed by atoms with van der Waals surface area (Å²) >= 11 is 0. The Morgan fingerprint density at radius 1 is 2.00 bits per heavy atom. The standard InChI is InChI=1S/C5H11NO/c1-4(3-6)5(2)7/h4,7H,2-3,6H2,1H3. The summed E-state index contributed by atoms with van der Waals surface area (Å²) in [7, 11) is 0. The van der Waals surface area contributed by atoms with Gasteiger partial charge in [-0.1, -0.05) is 13.5 Å². The van der Waals surface area contributed by atoms with E-state index in [9.17, 15) is 0 Å². The summed E-state index contributed by atoms with van der Waals surface area (Å²) < 4.78 is 0. The van der Waals surface area contributed by atoms with Gasteiger partial charge in [-0.25, -0.2) is 0 Å². The van der Waals surface area contributed by atoms with Crippen molar-refractivity contribution in [2.45, 2.75) is 6.92 Å². The van der Waals surface area contributed by atoms with Crippen molar-refractivity contribution in [1.29, 1.82) is 0 Å². The first-order valence-electron chi connectivity index (χ1n) is 2.26. The summed E-state index contributed by atoms with van der Waals surface area (Å²) in [4.78, 5) is 0. The van der Waals surface area contributed by atoms with Crippen molar-refractivity contribution in [2.75, 3.05) is 6.54 Å². The highest BCUT2D eigenvalue weighted by Gasteiger charge is 1.98. The molecule has 1 atom stereocenters. The quantitative estimate of drug-likeness (QED) is 0.502. The Kier molecular flexibility index (Phi) is 2.45. The Morgan fingerprint density at radius 3 is 2.43 bits per heavy atom. The maximum Gasteiger partial charge on any atom is 0.0891 e. The monoisotopic (exact) mass is 101 g/mol. The summed E-state index contributed by atoms with van der Waals surface area (Å²) in [5, 5.41) is 8.55. The summed E-state index contributed by atoms with van der Waals surface area (Å²) in [6.07, 6.45) is 0. The molecule has 0 rings (SSSR count). The molecule has 0 aromatic carbocycles. The predicted molar refractivity (Wildman–Crippen MR) is 30.0 cm³/mol. The first-order valence-corrected chi connectivity index (χ1v) is 2.26. The van der Waals surface area contributed by atoms with Gasteiger partial charge in [0, 0.05) is 12.5 Å². The van der Waals surface area contributed by atoms with Crippen molar-refractivity contribution in [1.82, 2.24) is 0 Å². The van der Waals surface area contributed by atoms with Gasteiger partial charge in [0.1, 0.15) is 0 Å². The van der Waals surface area contributed by atoms with E-state index in [1.807, 2.05) is 6.92 Å². The highest BCUT2D eigenvalue weighted by Crippen LogP contribution is 1.98. The van der Waals surface area contributed by atoms with Gasteiger partial charge < -0.3 is 10.8 Å². The van der Waals surface area contributed by atoms with Gasteiger partial charge in [0.25, 0.3) is 0 Å². The lowest BCUT2D eigenvalue weighted by atomic mass is 10.1. The van der Waals surface area contributed by atoms with Crippen LogP contribution in [0.1, 0.15) is 6.92 Å². The van der Waals surface area contributed by atoms with Crippen LogP contribution < -0.4 is 5.73 Å². The highest BCUT2D eigenvalue weighted by atomic mass is 16.3. The van der Waals surface area contributed by atoms with Gasteiger partial charge in [0.2, 0.25) is 0 Å². The Balaban J connectivity index is 3.34. The van der Waals surface area contributed by atoms with Crippen LogP contribution in [0.5, 0.6) is 0 Å². The SMILES string of the molecule is C=C(O)C(C)CN. The van der Waals surface area contributed by atoms with Crippen LogP contribution in [0.4, 0.5) is 0 Å². The van der Waals surface area contributed by atoms with Gasteiger partial charge in [-0.3, -0.25) is 0 Å². The number of aliphatic hydroxyl groups excluding tert-OH is 1. The summed E-state index contributed by atoms with van der Waals surface area (Å²) in [6.45, 7) is 5.59. The van der Waals surface area contributed by atoms with Gasteiger partial charge >= 0.3 is 0 Å². The third kappa shape index (κ3) is 2.23. The zero-order valence-corrected chi connectivity index (χ0v) is 4.52. The smallest absolute Gasteiger partial charge is 0.0891 e. The van der Waals surface area contributed by atoms with E-state index < -0.39 is 0 Å². The van der Waals surface area contributed by atoms with E-state index in [0.717, 1.165) is 0 Å². The van der Waals surface area contributed by atoms with Crippen LogP contribution in [-0.2, 0) is 0 Å². The lowest BCUT2D eigenvalue weighted by Gasteiger charge is -2.02. The fourth-order valence-corrected chi connectivity index (χ4v) is 0.136. The zero-order valence-electron chi connectivity index (χ0n) is 4.52. The molecule has 0 aliphatic heterocycles. The number of rotatable bonds is 2. The highest BCUT2D eigenvalue weighted by molar-refractivity contribution is 4.85. The molecule has 0 aliphatic carbocycles. The lowest BCUT2D eigenvalue weighted by Crippen LogP contribution is -2.11. The molecule has 2 nitrogen and oxygen atoms in total. The summed E-state index contributed by atoms with van der Waals surface area (Å²) in [5.74, 6) is 0.211. The first kappa shape index (κ1) is 6.50. The van der Waals surface area contributed by atoms with E-state index in [1.54, 1.807) is 0 Å². The third-order valence-electron chi connectivity index (χ3n) is 0.922. The minimum absolute atomic E-state index is 0.0417. The van der Waals surface area contributed by atoms with E-state index in [4.69, 9.17) is 10.8 Å². The maximum atomic E-state index is 8.55. The maximum absolute atomic E-state index is 8.55. The van der Waals surface area contributed by atoms with Crippen LogP contribution in [0.2, 0.25) is 0 Å². The van der Waals surface area contributed by atoms with Crippen molar-refractivity contribution < 1.29 is 5.11 Å². The van der Waals surface area contributed by atoms with Crippen LogP contribution in [0.15, 0.2) is 12.3 Å². The minimum atomic E-state index is 0.0417. The van der Waals surface area contributed by atoms with Crippen molar-refractivity contribution in [3.05, 3.63) is 12.3 Å². The Hall–Kier alpha value is -0.500. The Bertz CT molecular complexity index is 70.5. The number of nitrogens with two attached hydrogens (primary N) is 1. The van der Waals surface area contributed by atoms with Gasteiger partial charge in [0.15, 0.2) is 0 Å². The normalized spacial score (nSPS) is 13.4. The fourth-order valence-electron chi connectivity index (χ4n) is 0.136. The van der Waals surface area contributed by atoms with Crippen molar-refractivity contribution in [3.8, 4) is 0 Å². The van der Waals surface area contributed by atoms with E-state index in [1.165, 1.54) is 0 Å². The molecule has 42 valence electrons. The van der Waals surface area contributed by atoms with Gasteiger partial charge in [0.05, 0.1) is 5.76 Å². The third-order valence-corrected chi connectivity index (χ3v) is 0.922. The van der Waals surface area contributed by atoms with Crippen LogP contribution in [0, 0.1) is 5.92 Å². The van der Waals surface area contributed by atoms with Gasteiger partial charge in [-0.15, -0.1) is 0 Å². The molecule has 0 aromatic heterocycles. The van der Waals surface area contributed by atoms with Crippen molar-refractivity contribution in [3.63, 3.8) is 0 Å². The van der Waals surface area contributed by atoms with E-state index >= 15 is 0 Å². The molecule has 0 aliphatic rings. The molecular weight excluding hydrogens is 90.1 g/mol. The Morgan fingerprint density at radius 2 is 2.43 bits per heavy atom. The largest absolute Gasteiger partial charge is 0.513 e. The molecule has 3 N–H and O–H groups in total. The number of hydrogen-bond donors (Lipinski definition) is 2. The molecule has 0 amide bonds. The molecule has 0 saturated carbocycles. The van der Waals surface area contributed by atoms with Crippen LogP contribution in [0.3, 0.4) is 0 Å². The topological polar surface area (TPSA) is 46.2 Å². The van der Waals surface area contributed by atoms with Crippen LogP contribution in [0.25, 0.3) is 0 Å². The molecule has 0 aromatic rings. The average molecular weight is 101 g/mol. The molecule has 7 heavy (non-hydrogen) atoms. The molecule has 0 fully saturated rings. The molecule has 0 saturated heterocycles. The predicted octanol–water partition coefficient (Wildman–Crippen LogP) is 0.653. The Labute approximate surface area is 43.6 Å². The number of aliphatic hydroxyl groups is 1. The second kappa shape index (κ2) is 2.64. The van der Waals surface area contributed by atoms with E-state index in [2.05, 4.69) is 6.58 Å². The second-order valence-electron chi connectivity index (χ2n) is 1.63. The molecule has 0 spiro atoms. The van der Waals surface area contributed by atoms with Crippen molar-refractivity contribution >= 4 is 0 Å². The molecule has 0 radical (unpaired) electrons. The number of hydrogen-bond acceptors (Lipinski definition) is 2. The fraction of sp³-hybridized carbons (Fsp3) is 0.600. The first-order chi connectivity index (χ1) is 3.18. The lowest BCUT2D eigenvalue weighted by molar-refractivity contribution is 0.347. The van der Waals surface area contributed by atoms with Crippen LogP contribution >= 0.6 is 0 Å². The zero-order chi connectivity index (χ0) is 5.86. The second-order valence-corrected chi connectivity index (χ2v) is 1.63. The van der Waals surface area contributed by atoms with Gasteiger partial charge in [-0.2, -0.15) is 0 Å². The summed E-state index contributed by atoms with van der Waals surface area (Å²) in [5.41, 5.74) is 5.15. The molecule has 2 heteroatoms. The molecular formula is C5H11NO. The summed E-state index contributed by atoms with van der Waals surface area (Å²) in [6, 6.07) is 0. The van der Waals surface area contributed by atoms with E-state index in [0.29, 0.717) is 6.54 Å². The minimum Gasteiger partial charge on any atom is -0.513 e. The average Bonchev–Trinajstić information content (AvgIpc) is 1.65. The van der Waals surface area contributed by atoms with Gasteiger partial charge in [-0.05, 0) is 0 Å². The molecule has 0 heterocycles. The molecule has 0 bridgehead atoms. The van der Waals surface area contributed by atoms with Crippen molar-refractivity contribution in [2.24, 2.45) is 11.7 Å². The van der Waals surface area contributed by atoms with E-state index in [-0.39, 0.29) is 11.7 Å². The van der Waals surface area contributed by atoms with Crippen LogP contribution in [-0.4, -0.2) is 11.7 Å². The molecule has 1 unspecified atom stereocenters.